The van der Waals surface area contributed by atoms with Gasteiger partial charge in [0.2, 0.25) is 0 Å². The van der Waals surface area contributed by atoms with E-state index in [2.05, 4.69) is 41.6 Å². The first-order chi connectivity index (χ1) is 12.7. The maximum absolute atomic E-state index is 12.4. The number of nitrogens with zero attached hydrogens (tertiary/aromatic N) is 2. The topological polar surface area (TPSA) is 39.7 Å². The van der Waals surface area contributed by atoms with Gasteiger partial charge in [-0.1, -0.05) is 0 Å². The van der Waals surface area contributed by atoms with Gasteiger partial charge in [0.15, 0.2) is 5.96 Å². The van der Waals surface area contributed by atoms with E-state index in [0.29, 0.717) is 19.0 Å². The zero-order valence-corrected chi connectivity index (χ0v) is 20.0. The van der Waals surface area contributed by atoms with E-state index in [1.165, 1.54) is 14.7 Å². The van der Waals surface area contributed by atoms with Crippen LogP contribution in [0.25, 0.3) is 0 Å². The highest BCUT2D eigenvalue weighted by Gasteiger charge is 2.32. The number of thiophene rings is 1. The average molecular weight is 532 g/mol. The second kappa shape index (κ2) is 12.2. The quantitative estimate of drug-likeness (QED) is 0.310. The van der Waals surface area contributed by atoms with Crippen LogP contribution in [-0.4, -0.2) is 56.3 Å². The maximum atomic E-state index is 12.4. The molecule has 1 atom stereocenters. The zero-order valence-electron chi connectivity index (χ0n) is 16.8. The van der Waals surface area contributed by atoms with Crippen LogP contribution in [0.3, 0.4) is 0 Å². The van der Waals surface area contributed by atoms with Crippen molar-refractivity contribution in [1.29, 1.82) is 0 Å². The van der Waals surface area contributed by atoms with Gasteiger partial charge in [0.25, 0.3) is 0 Å². The molecule has 2 heterocycles. The van der Waals surface area contributed by atoms with Crippen LogP contribution in [0.15, 0.2) is 17.1 Å². The Bertz CT molecular complexity index is 598. The molecule has 1 aromatic rings. The molecule has 0 aromatic carbocycles. The molecule has 1 aliphatic rings. The van der Waals surface area contributed by atoms with Gasteiger partial charge in [-0.15, -0.1) is 35.3 Å². The lowest BCUT2D eigenvalue weighted by Crippen LogP contribution is -2.44. The van der Waals surface area contributed by atoms with Gasteiger partial charge in [0.1, 0.15) is 0 Å². The second-order valence-corrected chi connectivity index (χ2v) is 8.76. The number of aryl methyl sites for hydroxylation is 1. The van der Waals surface area contributed by atoms with Crippen LogP contribution in [0.5, 0.6) is 0 Å². The molecule has 2 N–H and O–H groups in total. The first-order valence-corrected chi connectivity index (χ1v) is 10.4. The molecule has 0 saturated carbocycles. The molecule has 1 aliphatic heterocycles. The van der Waals surface area contributed by atoms with Crippen molar-refractivity contribution < 1.29 is 13.2 Å². The fraction of sp³-hybridized carbons (Fsp3) is 0.737. The Labute approximate surface area is 187 Å². The Kier molecular flexibility index (Phi) is 11.1. The molecule has 1 aromatic heterocycles. The number of hydrogen-bond acceptors (Lipinski definition) is 3. The van der Waals surface area contributed by atoms with E-state index in [1.807, 2.05) is 11.3 Å². The number of piperidine rings is 1. The molecule has 162 valence electrons. The van der Waals surface area contributed by atoms with Crippen LogP contribution in [0.2, 0.25) is 0 Å². The summed E-state index contributed by atoms with van der Waals surface area (Å²) in [6.07, 6.45) is -0.517. The number of guanidine groups is 1. The van der Waals surface area contributed by atoms with Crippen molar-refractivity contribution in [1.82, 2.24) is 15.5 Å². The Morgan fingerprint density at radius 1 is 1.32 bits per heavy atom. The van der Waals surface area contributed by atoms with Crippen molar-refractivity contribution in [3.05, 3.63) is 21.9 Å². The van der Waals surface area contributed by atoms with Crippen molar-refractivity contribution in [3.63, 3.8) is 0 Å². The molecule has 1 fully saturated rings. The molecule has 0 amide bonds. The Morgan fingerprint density at radius 2 is 2.00 bits per heavy atom. The van der Waals surface area contributed by atoms with Crippen LogP contribution in [-0.2, 0) is 6.42 Å². The highest BCUT2D eigenvalue weighted by Crippen LogP contribution is 2.24. The number of halogens is 4. The van der Waals surface area contributed by atoms with Crippen molar-refractivity contribution in [2.24, 2.45) is 10.9 Å². The van der Waals surface area contributed by atoms with E-state index >= 15 is 0 Å². The van der Waals surface area contributed by atoms with Crippen LogP contribution < -0.4 is 10.6 Å². The molecule has 0 spiro atoms. The number of nitrogens with one attached hydrogen (secondary N) is 2. The number of hydrogen-bond donors (Lipinski definition) is 2. The summed E-state index contributed by atoms with van der Waals surface area (Å²) in [5.41, 5.74) is 0. The zero-order chi connectivity index (χ0) is 19.9. The maximum Gasteiger partial charge on any atom is 0.401 e. The first-order valence-electron chi connectivity index (χ1n) is 9.57. The molecule has 1 unspecified atom stereocenters. The molecular weight excluding hydrogens is 500 g/mol. The Morgan fingerprint density at radius 3 is 2.54 bits per heavy atom. The fourth-order valence-corrected chi connectivity index (χ4v) is 4.48. The van der Waals surface area contributed by atoms with Gasteiger partial charge in [0.05, 0.1) is 6.54 Å². The van der Waals surface area contributed by atoms with E-state index in [0.717, 1.165) is 38.2 Å². The van der Waals surface area contributed by atoms with E-state index in [4.69, 9.17) is 0 Å². The van der Waals surface area contributed by atoms with E-state index in [-0.39, 0.29) is 30.0 Å². The minimum absolute atomic E-state index is 0. The fourth-order valence-electron chi connectivity index (χ4n) is 3.46. The molecule has 0 radical (unpaired) electrons. The number of aliphatic imine (C=N–C) groups is 1. The largest absolute Gasteiger partial charge is 0.401 e. The summed E-state index contributed by atoms with van der Waals surface area (Å²) in [5.74, 6) is 1.26. The summed E-state index contributed by atoms with van der Waals surface area (Å²) in [4.78, 5) is 8.46. The average Bonchev–Trinajstić information content (AvgIpc) is 2.99. The highest BCUT2D eigenvalue weighted by atomic mass is 127. The minimum Gasteiger partial charge on any atom is -0.356 e. The van der Waals surface area contributed by atoms with Crippen molar-refractivity contribution in [2.45, 2.75) is 51.7 Å². The third-order valence-electron chi connectivity index (χ3n) is 4.87. The predicted octanol–water partition coefficient (Wildman–Crippen LogP) is 4.43. The van der Waals surface area contributed by atoms with Gasteiger partial charge in [-0.25, -0.2) is 0 Å². The number of rotatable bonds is 7. The SMILES string of the molecule is CN=C(NCCC1CCN(CC(F)(F)F)CC1)NC(C)Cc1ccc(C)s1.I. The normalized spacial score (nSPS) is 17.9. The summed E-state index contributed by atoms with van der Waals surface area (Å²) in [5, 5.41) is 6.74. The summed E-state index contributed by atoms with van der Waals surface area (Å²) in [6, 6.07) is 4.58. The standard InChI is InChI=1S/C19H31F3N4S.HI/c1-14(12-17-5-4-15(2)27-17)25-18(23-3)24-9-6-16-7-10-26(11-8-16)13-19(20,21)22;/h4-5,14,16H,6-13H2,1-3H3,(H2,23,24,25);1H. The van der Waals surface area contributed by atoms with Gasteiger partial charge in [-0.3, -0.25) is 9.89 Å². The monoisotopic (exact) mass is 532 g/mol. The Balaban J connectivity index is 0.00000392. The van der Waals surface area contributed by atoms with Crippen LogP contribution in [0, 0.1) is 12.8 Å². The lowest BCUT2D eigenvalue weighted by molar-refractivity contribution is -0.148. The Hall–Kier alpha value is -0.550. The predicted molar refractivity (Wildman–Crippen MR) is 122 cm³/mol. The molecule has 0 aliphatic carbocycles. The van der Waals surface area contributed by atoms with Crippen LogP contribution in [0.4, 0.5) is 13.2 Å². The van der Waals surface area contributed by atoms with Crippen molar-refractivity contribution in [3.8, 4) is 0 Å². The summed E-state index contributed by atoms with van der Waals surface area (Å²) in [6.45, 7) is 5.33. The van der Waals surface area contributed by atoms with Gasteiger partial charge in [-0.2, -0.15) is 13.2 Å². The van der Waals surface area contributed by atoms with E-state index < -0.39 is 12.7 Å². The molecule has 1 saturated heterocycles. The van der Waals surface area contributed by atoms with E-state index in [9.17, 15) is 13.2 Å². The lowest BCUT2D eigenvalue weighted by atomic mass is 9.93. The first kappa shape index (κ1) is 25.5. The van der Waals surface area contributed by atoms with Crippen LogP contribution >= 0.6 is 35.3 Å². The van der Waals surface area contributed by atoms with Crippen molar-refractivity contribution >= 4 is 41.3 Å². The summed E-state index contributed by atoms with van der Waals surface area (Å²) < 4.78 is 37.3. The molecular formula is C19H32F3IN4S. The van der Waals surface area contributed by atoms with Gasteiger partial charge in [0, 0.05) is 35.8 Å². The molecule has 0 bridgehead atoms. The molecule has 28 heavy (non-hydrogen) atoms. The third-order valence-corrected chi connectivity index (χ3v) is 5.89. The summed E-state index contributed by atoms with van der Waals surface area (Å²) in [7, 11) is 1.76. The lowest BCUT2D eigenvalue weighted by Gasteiger charge is -2.32. The van der Waals surface area contributed by atoms with Gasteiger partial charge < -0.3 is 10.6 Å². The second-order valence-electron chi connectivity index (χ2n) is 7.38. The highest BCUT2D eigenvalue weighted by molar-refractivity contribution is 14.0. The third kappa shape index (κ3) is 9.78. The van der Waals surface area contributed by atoms with Crippen molar-refractivity contribution in [2.75, 3.05) is 33.2 Å². The molecule has 2 rings (SSSR count). The minimum atomic E-state index is -4.09. The molecule has 9 heteroatoms. The van der Waals surface area contributed by atoms with Gasteiger partial charge >= 0.3 is 6.18 Å². The smallest absolute Gasteiger partial charge is 0.356 e. The van der Waals surface area contributed by atoms with Crippen LogP contribution in [0.1, 0.15) is 35.9 Å². The van der Waals surface area contributed by atoms with Gasteiger partial charge in [-0.05, 0) is 64.3 Å². The molecule has 4 nitrogen and oxygen atoms in total. The number of alkyl halides is 3. The number of likely N-dealkylation sites (tertiary alicyclic amines) is 1. The summed E-state index contributed by atoms with van der Waals surface area (Å²) >= 11 is 1.82. The van der Waals surface area contributed by atoms with E-state index in [1.54, 1.807) is 7.05 Å².